The molecule has 0 amide bonds. The van der Waals surface area contributed by atoms with Crippen LogP contribution in [0.15, 0.2) is 0 Å². The zero-order valence-electron chi connectivity index (χ0n) is 6.16. The first-order valence-electron chi connectivity index (χ1n) is 3.04. The van der Waals surface area contributed by atoms with Crippen LogP contribution in [-0.2, 0) is 0 Å². The maximum atomic E-state index is 5.64. The first kappa shape index (κ1) is 8.29. The van der Waals surface area contributed by atoms with Gasteiger partial charge >= 0.3 is 0 Å². The molecule has 0 bridgehead atoms. The van der Waals surface area contributed by atoms with Gasteiger partial charge in [0.25, 0.3) is 0 Å². The average molecular weight is 135 g/mol. The molecule has 0 rings (SSSR count). The molecule has 0 radical (unpaired) electrons. The Morgan fingerprint density at radius 1 is 1.38 bits per heavy atom. The van der Waals surface area contributed by atoms with E-state index in [4.69, 9.17) is 11.6 Å². The SMILES string of the molecule is C[C@H](CCl)C(C)(C)C. The smallest absolute Gasteiger partial charge is 0.0254 e. The lowest BCUT2D eigenvalue weighted by molar-refractivity contribution is 0.287. The van der Waals surface area contributed by atoms with Gasteiger partial charge in [-0.2, -0.15) is 0 Å². The Labute approximate surface area is 57.2 Å². The lowest BCUT2D eigenvalue weighted by Crippen LogP contribution is -2.18. The van der Waals surface area contributed by atoms with Gasteiger partial charge in [0.1, 0.15) is 0 Å². The van der Waals surface area contributed by atoms with Crippen molar-refractivity contribution in [2.24, 2.45) is 11.3 Å². The first-order chi connectivity index (χ1) is 3.48. The summed E-state index contributed by atoms with van der Waals surface area (Å²) in [7, 11) is 0. The molecule has 0 aliphatic heterocycles. The van der Waals surface area contributed by atoms with Gasteiger partial charge in [0.15, 0.2) is 0 Å². The zero-order chi connectivity index (χ0) is 6.78. The number of hydrogen-bond acceptors (Lipinski definition) is 0. The van der Waals surface area contributed by atoms with Gasteiger partial charge < -0.3 is 0 Å². The Bertz CT molecular complexity index is 61.3. The lowest BCUT2D eigenvalue weighted by Gasteiger charge is -2.24. The summed E-state index contributed by atoms with van der Waals surface area (Å²) in [6.07, 6.45) is 0. The van der Waals surface area contributed by atoms with E-state index in [1.54, 1.807) is 0 Å². The maximum absolute atomic E-state index is 5.64. The van der Waals surface area contributed by atoms with E-state index in [1.165, 1.54) is 0 Å². The number of hydrogen-bond donors (Lipinski definition) is 0. The molecule has 0 heterocycles. The fourth-order valence-corrected chi connectivity index (χ4v) is 0.694. The second-order valence-electron chi connectivity index (χ2n) is 3.42. The molecule has 0 aromatic rings. The van der Waals surface area contributed by atoms with Crippen LogP contribution in [0.4, 0.5) is 0 Å². The van der Waals surface area contributed by atoms with Crippen molar-refractivity contribution in [1.29, 1.82) is 0 Å². The minimum Gasteiger partial charge on any atom is -0.126 e. The van der Waals surface area contributed by atoms with Crippen molar-refractivity contribution in [2.45, 2.75) is 27.7 Å². The molecule has 0 saturated carbocycles. The third-order valence-electron chi connectivity index (χ3n) is 1.71. The van der Waals surface area contributed by atoms with Crippen molar-refractivity contribution in [3.8, 4) is 0 Å². The van der Waals surface area contributed by atoms with Gasteiger partial charge in [-0.3, -0.25) is 0 Å². The molecule has 0 N–H and O–H groups in total. The Balaban J connectivity index is 3.62. The van der Waals surface area contributed by atoms with Crippen molar-refractivity contribution in [1.82, 2.24) is 0 Å². The average Bonchev–Trinajstić information content (AvgIpc) is 1.62. The Morgan fingerprint density at radius 2 is 1.75 bits per heavy atom. The molecule has 8 heavy (non-hydrogen) atoms. The highest BCUT2D eigenvalue weighted by molar-refractivity contribution is 6.18. The van der Waals surface area contributed by atoms with E-state index >= 15 is 0 Å². The van der Waals surface area contributed by atoms with E-state index in [0.29, 0.717) is 11.3 Å². The van der Waals surface area contributed by atoms with E-state index < -0.39 is 0 Å². The predicted molar refractivity (Wildman–Crippen MR) is 39.3 cm³/mol. The fourth-order valence-electron chi connectivity index (χ4n) is 0.231. The summed E-state index contributed by atoms with van der Waals surface area (Å²) >= 11 is 5.64. The molecule has 0 unspecified atom stereocenters. The third-order valence-corrected chi connectivity index (χ3v) is 2.17. The van der Waals surface area contributed by atoms with Crippen molar-refractivity contribution < 1.29 is 0 Å². The molecule has 50 valence electrons. The third kappa shape index (κ3) is 2.56. The first-order valence-corrected chi connectivity index (χ1v) is 3.58. The number of alkyl halides is 1. The van der Waals surface area contributed by atoms with Crippen molar-refractivity contribution in [3.63, 3.8) is 0 Å². The van der Waals surface area contributed by atoms with E-state index in [-0.39, 0.29) is 0 Å². The van der Waals surface area contributed by atoms with Gasteiger partial charge in [0, 0.05) is 5.88 Å². The molecule has 1 atom stereocenters. The highest BCUT2D eigenvalue weighted by atomic mass is 35.5. The van der Waals surface area contributed by atoms with Gasteiger partial charge in [-0.15, -0.1) is 11.6 Å². The Morgan fingerprint density at radius 3 is 1.75 bits per heavy atom. The number of halogens is 1. The summed E-state index contributed by atoms with van der Waals surface area (Å²) in [5.74, 6) is 1.38. The molecule has 0 nitrogen and oxygen atoms in total. The van der Waals surface area contributed by atoms with Crippen LogP contribution in [0.1, 0.15) is 27.7 Å². The fraction of sp³-hybridized carbons (Fsp3) is 1.00. The van der Waals surface area contributed by atoms with Gasteiger partial charge in [0.2, 0.25) is 0 Å². The van der Waals surface area contributed by atoms with Gasteiger partial charge in [-0.25, -0.2) is 0 Å². The molecular weight excluding hydrogens is 120 g/mol. The molecule has 1 heteroatoms. The van der Waals surface area contributed by atoms with Crippen LogP contribution in [0.2, 0.25) is 0 Å². The van der Waals surface area contributed by atoms with E-state index in [1.807, 2.05) is 0 Å². The second kappa shape index (κ2) is 2.72. The largest absolute Gasteiger partial charge is 0.126 e. The van der Waals surface area contributed by atoms with Gasteiger partial charge in [0.05, 0.1) is 0 Å². The van der Waals surface area contributed by atoms with Crippen LogP contribution in [0.3, 0.4) is 0 Å². The number of rotatable bonds is 1. The minimum atomic E-state index is 0.377. The highest BCUT2D eigenvalue weighted by Gasteiger charge is 2.17. The van der Waals surface area contributed by atoms with Crippen LogP contribution in [-0.4, -0.2) is 5.88 Å². The summed E-state index contributed by atoms with van der Waals surface area (Å²) in [5, 5.41) is 0. The molecule has 0 aromatic heterocycles. The monoisotopic (exact) mass is 134 g/mol. The summed E-state index contributed by atoms with van der Waals surface area (Å²) < 4.78 is 0. The van der Waals surface area contributed by atoms with Gasteiger partial charge in [-0.05, 0) is 11.3 Å². The van der Waals surface area contributed by atoms with Gasteiger partial charge in [-0.1, -0.05) is 27.7 Å². The molecule has 0 aromatic carbocycles. The Hall–Kier alpha value is 0.290. The van der Waals surface area contributed by atoms with Crippen LogP contribution in [0.5, 0.6) is 0 Å². The van der Waals surface area contributed by atoms with Crippen LogP contribution in [0, 0.1) is 11.3 Å². The summed E-state index contributed by atoms with van der Waals surface area (Å²) in [6.45, 7) is 8.80. The topological polar surface area (TPSA) is 0 Å². The maximum Gasteiger partial charge on any atom is 0.0254 e. The van der Waals surface area contributed by atoms with Crippen LogP contribution < -0.4 is 0 Å². The zero-order valence-corrected chi connectivity index (χ0v) is 6.92. The lowest BCUT2D eigenvalue weighted by atomic mass is 9.83. The standard InChI is InChI=1S/C7H15Cl/c1-6(5-8)7(2,3)4/h6H,5H2,1-4H3/t6-/m1/s1. The Kier molecular flexibility index (Phi) is 2.82. The highest BCUT2D eigenvalue weighted by Crippen LogP contribution is 2.25. The van der Waals surface area contributed by atoms with Crippen LogP contribution in [0.25, 0.3) is 0 Å². The molecule has 0 aliphatic rings. The quantitative estimate of drug-likeness (QED) is 0.484. The van der Waals surface area contributed by atoms with E-state index in [0.717, 1.165) is 5.88 Å². The van der Waals surface area contributed by atoms with Crippen molar-refractivity contribution in [2.75, 3.05) is 5.88 Å². The summed E-state index contributed by atoms with van der Waals surface area (Å²) in [6, 6.07) is 0. The van der Waals surface area contributed by atoms with Crippen molar-refractivity contribution in [3.05, 3.63) is 0 Å². The predicted octanol–water partition coefficient (Wildman–Crippen LogP) is 2.91. The van der Waals surface area contributed by atoms with E-state index in [9.17, 15) is 0 Å². The minimum absolute atomic E-state index is 0.377. The van der Waals surface area contributed by atoms with E-state index in [2.05, 4.69) is 27.7 Å². The second-order valence-corrected chi connectivity index (χ2v) is 3.73. The normalized spacial score (nSPS) is 16.1. The molecule has 0 fully saturated rings. The van der Waals surface area contributed by atoms with Crippen molar-refractivity contribution >= 4 is 11.6 Å². The molecule has 0 aliphatic carbocycles. The molecular formula is C7H15Cl. The van der Waals surface area contributed by atoms with Crippen LogP contribution >= 0.6 is 11.6 Å². The molecule has 0 saturated heterocycles. The summed E-state index contributed by atoms with van der Waals surface area (Å²) in [4.78, 5) is 0. The molecule has 0 spiro atoms. The summed E-state index contributed by atoms with van der Waals surface area (Å²) in [5.41, 5.74) is 0.377.